The van der Waals surface area contributed by atoms with Crippen LogP contribution in [0.15, 0.2) is 0 Å². The minimum absolute atomic E-state index is 0.0994. The maximum atomic E-state index is 5.64. The number of terminal acetylenes is 1. The van der Waals surface area contributed by atoms with Gasteiger partial charge in [0.2, 0.25) is 0 Å². The van der Waals surface area contributed by atoms with Crippen LogP contribution in [0.1, 0.15) is 20.3 Å². The lowest BCUT2D eigenvalue weighted by atomic mass is 9.83. The topological polar surface area (TPSA) is 21.3 Å². The fourth-order valence-corrected chi connectivity index (χ4v) is 1.44. The highest BCUT2D eigenvalue weighted by molar-refractivity contribution is 4.95. The molecule has 1 atom stereocenters. The van der Waals surface area contributed by atoms with Gasteiger partial charge in [0, 0.05) is 24.9 Å². The fourth-order valence-electron chi connectivity index (χ4n) is 1.44. The van der Waals surface area contributed by atoms with Gasteiger partial charge in [0.1, 0.15) is 0 Å². The lowest BCUT2D eigenvalue weighted by Crippen LogP contribution is -2.46. The van der Waals surface area contributed by atoms with Crippen LogP contribution in [0.3, 0.4) is 0 Å². The summed E-state index contributed by atoms with van der Waals surface area (Å²) in [6.45, 7) is 7.00. The first kappa shape index (κ1) is 9.57. The summed E-state index contributed by atoms with van der Waals surface area (Å²) in [5.74, 6) is 2.70. The number of rotatable bonds is 2. The summed E-state index contributed by atoms with van der Waals surface area (Å²) in [4.78, 5) is 0. The maximum absolute atomic E-state index is 5.64. The molecular formula is C10H17NO. The molecule has 0 spiro atoms. The van der Waals surface area contributed by atoms with Gasteiger partial charge in [-0.15, -0.1) is 12.3 Å². The average molecular weight is 167 g/mol. The van der Waals surface area contributed by atoms with Crippen LogP contribution in [-0.2, 0) is 4.74 Å². The molecule has 2 heteroatoms. The Labute approximate surface area is 74.7 Å². The van der Waals surface area contributed by atoms with Gasteiger partial charge in [0.25, 0.3) is 0 Å². The molecule has 1 fully saturated rings. The molecule has 12 heavy (non-hydrogen) atoms. The molecule has 0 radical (unpaired) electrons. The molecule has 0 aromatic heterocycles. The molecule has 68 valence electrons. The summed E-state index contributed by atoms with van der Waals surface area (Å²) in [5, 5.41) is 3.31. The Kier molecular flexibility index (Phi) is 3.13. The highest BCUT2D eigenvalue weighted by atomic mass is 16.5. The monoisotopic (exact) mass is 167 g/mol. The Morgan fingerprint density at radius 1 is 1.67 bits per heavy atom. The number of hydrogen-bond donors (Lipinski definition) is 1. The third kappa shape index (κ3) is 2.23. The highest BCUT2D eigenvalue weighted by Gasteiger charge is 2.30. The minimum Gasteiger partial charge on any atom is -0.375 e. The van der Waals surface area contributed by atoms with Gasteiger partial charge in [-0.2, -0.15) is 0 Å². The van der Waals surface area contributed by atoms with Crippen molar-refractivity contribution in [1.29, 1.82) is 0 Å². The van der Waals surface area contributed by atoms with Gasteiger partial charge in [0.05, 0.1) is 12.7 Å². The zero-order valence-corrected chi connectivity index (χ0v) is 7.89. The van der Waals surface area contributed by atoms with E-state index in [0.717, 1.165) is 26.1 Å². The SMILES string of the molecule is C#CCC(C)(C)C1CNCCO1. The predicted octanol–water partition coefficient (Wildman–Crippen LogP) is 1.02. The van der Waals surface area contributed by atoms with Gasteiger partial charge < -0.3 is 10.1 Å². The molecule has 1 heterocycles. The number of hydrogen-bond acceptors (Lipinski definition) is 2. The second-order valence-corrected chi connectivity index (χ2v) is 3.93. The second-order valence-electron chi connectivity index (χ2n) is 3.93. The van der Waals surface area contributed by atoms with Crippen molar-refractivity contribution in [1.82, 2.24) is 5.32 Å². The van der Waals surface area contributed by atoms with Crippen LogP contribution in [0, 0.1) is 17.8 Å². The van der Waals surface area contributed by atoms with Gasteiger partial charge >= 0.3 is 0 Å². The van der Waals surface area contributed by atoms with Crippen molar-refractivity contribution >= 4 is 0 Å². The largest absolute Gasteiger partial charge is 0.375 e. The van der Waals surface area contributed by atoms with Crippen molar-refractivity contribution in [3.63, 3.8) is 0 Å². The molecule has 1 aliphatic heterocycles. The Morgan fingerprint density at radius 2 is 2.42 bits per heavy atom. The van der Waals surface area contributed by atoms with E-state index in [9.17, 15) is 0 Å². The lowest BCUT2D eigenvalue weighted by molar-refractivity contribution is -0.0415. The van der Waals surface area contributed by atoms with E-state index in [1.165, 1.54) is 0 Å². The summed E-state index contributed by atoms with van der Waals surface area (Å²) >= 11 is 0. The maximum Gasteiger partial charge on any atom is 0.0759 e. The Balaban J connectivity index is 2.48. The van der Waals surface area contributed by atoms with Gasteiger partial charge in [-0.1, -0.05) is 13.8 Å². The summed E-state index contributed by atoms with van der Waals surface area (Å²) in [5.41, 5.74) is 0.0994. The molecule has 0 bridgehead atoms. The molecular weight excluding hydrogens is 150 g/mol. The molecule has 1 rings (SSSR count). The predicted molar refractivity (Wildman–Crippen MR) is 49.8 cm³/mol. The molecule has 0 aromatic carbocycles. The third-order valence-corrected chi connectivity index (χ3v) is 2.36. The van der Waals surface area contributed by atoms with E-state index in [0.29, 0.717) is 0 Å². The van der Waals surface area contributed by atoms with E-state index in [1.54, 1.807) is 0 Å². The van der Waals surface area contributed by atoms with Gasteiger partial charge in [-0.05, 0) is 0 Å². The first-order chi connectivity index (χ1) is 5.67. The fraction of sp³-hybridized carbons (Fsp3) is 0.800. The normalized spacial score (nSPS) is 24.9. The van der Waals surface area contributed by atoms with Crippen molar-refractivity contribution in [3.8, 4) is 12.3 Å². The molecule has 2 nitrogen and oxygen atoms in total. The van der Waals surface area contributed by atoms with Crippen molar-refractivity contribution < 1.29 is 4.74 Å². The smallest absolute Gasteiger partial charge is 0.0759 e. The summed E-state index contributed by atoms with van der Waals surface area (Å²) in [7, 11) is 0. The van der Waals surface area contributed by atoms with E-state index in [-0.39, 0.29) is 11.5 Å². The number of morpholine rings is 1. The molecule has 1 N–H and O–H groups in total. The van der Waals surface area contributed by atoms with E-state index in [4.69, 9.17) is 11.2 Å². The van der Waals surface area contributed by atoms with Crippen LogP contribution in [0.4, 0.5) is 0 Å². The first-order valence-electron chi connectivity index (χ1n) is 4.42. The molecule has 1 saturated heterocycles. The molecule has 1 unspecified atom stereocenters. The van der Waals surface area contributed by atoms with E-state index >= 15 is 0 Å². The van der Waals surface area contributed by atoms with E-state index in [2.05, 4.69) is 25.1 Å². The van der Waals surface area contributed by atoms with Gasteiger partial charge in [0.15, 0.2) is 0 Å². The molecule has 0 saturated carbocycles. The Morgan fingerprint density at radius 3 is 2.92 bits per heavy atom. The standard InChI is InChI=1S/C10H17NO/c1-4-5-10(2,3)9-8-11-6-7-12-9/h1,9,11H,5-8H2,2-3H3. The van der Waals surface area contributed by atoms with E-state index < -0.39 is 0 Å². The first-order valence-corrected chi connectivity index (χ1v) is 4.42. The average Bonchev–Trinajstić information content (AvgIpc) is 2.06. The van der Waals surface area contributed by atoms with E-state index in [1.807, 2.05) is 0 Å². The summed E-state index contributed by atoms with van der Waals surface area (Å²) < 4.78 is 5.64. The summed E-state index contributed by atoms with van der Waals surface area (Å²) in [6, 6.07) is 0. The van der Waals surface area contributed by atoms with Crippen LogP contribution in [0.2, 0.25) is 0 Å². The quantitative estimate of drug-likeness (QED) is 0.620. The van der Waals surface area contributed by atoms with Crippen LogP contribution >= 0.6 is 0 Å². The third-order valence-electron chi connectivity index (χ3n) is 2.36. The van der Waals surface area contributed by atoms with Crippen molar-refractivity contribution in [2.45, 2.75) is 26.4 Å². The molecule has 0 aliphatic carbocycles. The van der Waals surface area contributed by atoms with Crippen molar-refractivity contribution in [2.75, 3.05) is 19.7 Å². The van der Waals surface area contributed by atoms with Crippen LogP contribution in [0.25, 0.3) is 0 Å². The van der Waals surface area contributed by atoms with Crippen molar-refractivity contribution in [3.05, 3.63) is 0 Å². The van der Waals surface area contributed by atoms with Crippen LogP contribution in [-0.4, -0.2) is 25.8 Å². The minimum atomic E-state index is 0.0994. The Hall–Kier alpha value is -0.520. The lowest BCUT2D eigenvalue weighted by Gasteiger charge is -2.35. The number of ether oxygens (including phenoxy) is 1. The van der Waals surface area contributed by atoms with Crippen molar-refractivity contribution in [2.24, 2.45) is 5.41 Å². The zero-order chi connectivity index (χ0) is 9.03. The summed E-state index contributed by atoms with van der Waals surface area (Å²) in [6.07, 6.45) is 6.34. The number of nitrogens with one attached hydrogen (secondary N) is 1. The molecule has 0 aromatic rings. The second kappa shape index (κ2) is 3.93. The Bertz CT molecular complexity index is 175. The zero-order valence-electron chi connectivity index (χ0n) is 7.89. The molecule has 0 amide bonds. The highest BCUT2D eigenvalue weighted by Crippen LogP contribution is 2.27. The van der Waals surface area contributed by atoms with Gasteiger partial charge in [-0.25, -0.2) is 0 Å². The van der Waals surface area contributed by atoms with Crippen LogP contribution < -0.4 is 5.32 Å². The van der Waals surface area contributed by atoms with Gasteiger partial charge in [-0.3, -0.25) is 0 Å². The molecule has 1 aliphatic rings. The van der Waals surface area contributed by atoms with Crippen LogP contribution in [0.5, 0.6) is 0 Å².